The van der Waals surface area contributed by atoms with Gasteiger partial charge in [0.15, 0.2) is 0 Å². The van der Waals surface area contributed by atoms with Crippen LogP contribution in [0.5, 0.6) is 5.88 Å². The van der Waals surface area contributed by atoms with Gasteiger partial charge in [0.25, 0.3) is 0 Å². The van der Waals surface area contributed by atoms with Crippen LogP contribution in [0.4, 0.5) is 5.69 Å². The maximum Gasteiger partial charge on any atom is 0.326 e. The van der Waals surface area contributed by atoms with E-state index in [9.17, 15) is 9.59 Å². The number of aryl methyl sites for hydroxylation is 1. The maximum absolute atomic E-state index is 12.7. The average Bonchev–Trinajstić information content (AvgIpc) is 3.05. The summed E-state index contributed by atoms with van der Waals surface area (Å²) in [5.41, 5.74) is 3.17. The monoisotopic (exact) mass is 458 g/mol. The van der Waals surface area contributed by atoms with E-state index in [1.54, 1.807) is 13.3 Å². The Kier molecular flexibility index (Phi) is 5.45. The Morgan fingerprint density at radius 3 is 2.76 bits per heavy atom. The number of rotatable bonds is 4. The van der Waals surface area contributed by atoms with Crippen LogP contribution in [0.3, 0.4) is 0 Å². The largest absolute Gasteiger partial charge is 0.481 e. The number of aromatic amines is 1. The molecular formula is C21H23BrN4O3. The van der Waals surface area contributed by atoms with Crippen molar-refractivity contribution in [1.82, 2.24) is 14.5 Å². The van der Waals surface area contributed by atoms with Crippen LogP contribution in [-0.2, 0) is 4.79 Å². The molecule has 4 rings (SSSR count). The van der Waals surface area contributed by atoms with Gasteiger partial charge < -0.3 is 15.0 Å². The molecule has 0 bridgehead atoms. The minimum absolute atomic E-state index is 0.00355. The first-order valence-electron chi connectivity index (χ1n) is 9.68. The summed E-state index contributed by atoms with van der Waals surface area (Å²) >= 11 is 3.49. The second-order valence-corrected chi connectivity index (χ2v) is 8.33. The normalized spacial score (nSPS) is 19.3. The number of pyridine rings is 1. The first-order valence-corrected chi connectivity index (χ1v) is 10.5. The van der Waals surface area contributed by atoms with E-state index in [1.807, 2.05) is 35.8 Å². The number of hydrogen-bond donors (Lipinski definition) is 2. The number of imidazole rings is 1. The number of carbonyl (C=O) groups excluding carboxylic acids is 1. The van der Waals surface area contributed by atoms with Crippen LogP contribution < -0.4 is 15.7 Å². The lowest BCUT2D eigenvalue weighted by atomic mass is 9.85. The van der Waals surface area contributed by atoms with E-state index in [2.05, 4.69) is 31.2 Å². The Morgan fingerprint density at radius 2 is 2.07 bits per heavy atom. The molecule has 0 saturated heterocycles. The lowest BCUT2D eigenvalue weighted by molar-refractivity contribution is -0.121. The van der Waals surface area contributed by atoms with Gasteiger partial charge in [-0.1, -0.05) is 6.07 Å². The molecule has 8 heteroatoms. The molecule has 1 aliphatic rings. The molecule has 1 aromatic carbocycles. The molecule has 7 nitrogen and oxygen atoms in total. The van der Waals surface area contributed by atoms with Crippen molar-refractivity contribution in [3.8, 4) is 5.88 Å². The minimum atomic E-state index is -0.0976. The number of fused-ring (bicyclic) bond motifs is 1. The van der Waals surface area contributed by atoms with Gasteiger partial charge in [-0.2, -0.15) is 0 Å². The lowest BCUT2D eigenvalue weighted by Gasteiger charge is -2.28. The molecular weight excluding hydrogens is 436 g/mol. The summed E-state index contributed by atoms with van der Waals surface area (Å²) in [6.45, 7) is 1.89. The van der Waals surface area contributed by atoms with E-state index in [4.69, 9.17) is 4.74 Å². The van der Waals surface area contributed by atoms with E-state index in [-0.39, 0.29) is 23.6 Å². The molecule has 2 N–H and O–H groups in total. The van der Waals surface area contributed by atoms with Crippen LogP contribution >= 0.6 is 15.9 Å². The molecule has 0 aliphatic heterocycles. The number of nitrogens with zero attached hydrogens (tertiary/aromatic N) is 2. The third-order valence-electron chi connectivity index (χ3n) is 5.63. The highest BCUT2D eigenvalue weighted by molar-refractivity contribution is 9.10. The lowest BCUT2D eigenvalue weighted by Crippen LogP contribution is -2.31. The third-order valence-corrected chi connectivity index (χ3v) is 6.29. The van der Waals surface area contributed by atoms with Crippen LogP contribution in [-0.4, -0.2) is 27.6 Å². The number of methoxy groups -OCH3 is 1. The van der Waals surface area contributed by atoms with Crippen molar-refractivity contribution in [2.45, 2.75) is 38.6 Å². The second-order valence-electron chi connectivity index (χ2n) is 7.48. The number of hydrogen-bond acceptors (Lipinski definition) is 4. The highest BCUT2D eigenvalue weighted by Crippen LogP contribution is 2.34. The number of carbonyl (C=O) groups is 1. The number of anilines is 1. The number of nitrogens with one attached hydrogen (secondary N) is 2. The molecule has 2 heterocycles. The molecule has 1 amide bonds. The van der Waals surface area contributed by atoms with Crippen molar-refractivity contribution in [2.75, 3.05) is 12.4 Å². The smallest absolute Gasteiger partial charge is 0.326 e. The van der Waals surface area contributed by atoms with Crippen LogP contribution in [0, 0.1) is 12.8 Å². The molecule has 2 aromatic heterocycles. The van der Waals surface area contributed by atoms with Gasteiger partial charge in [0.1, 0.15) is 0 Å². The van der Waals surface area contributed by atoms with Crippen LogP contribution in [0.2, 0.25) is 0 Å². The van der Waals surface area contributed by atoms with Gasteiger partial charge in [-0.25, -0.2) is 9.78 Å². The van der Waals surface area contributed by atoms with Gasteiger partial charge >= 0.3 is 5.69 Å². The standard InChI is InChI=1S/C21H23BrN4O3/c1-12-10-14(11-23-20(12)29-2)24-19(27)13-6-8-15(9-7-13)26-17-5-3-4-16(22)18(17)25-21(26)28/h3-5,10-11,13,15H,6-9H2,1-2H3,(H,24,27)(H,25,28)/t13-,15+. The fraction of sp³-hybridized carbons (Fsp3) is 0.381. The highest BCUT2D eigenvalue weighted by atomic mass is 79.9. The molecule has 0 radical (unpaired) electrons. The van der Waals surface area contributed by atoms with Crippen molar-refractivity contribution in [2.24, 2.45) is 5.92 Å². The average molecular weight is 459 g/mol. The number of amides is 1. The summed E-state index contributed by atoms with van der Waals surface area (Å²) in [6, 6.07) is 7.76. The van der Waals surface area contributed by atoms with Gasteiger partial charge in [-0.15, -0.1) is 0 Å². The van der Waals surface area contributed by atoms with Crippen molar-refractivity contribution in [3.05, 3.63) is 51.0 Å². The SMILES string of the molecule is COc1ncc(NC(=O)[C@H]2CC[C@@H](n3c(=O)[nH]c4c(Br)cccc43)CC2)cc1C. The third kappa shape index (κ3) is 3.81. The van der Waals surface area contributed by atoms with Gasteiger partial charge in [0.05, 0.1) is 30.0 Å². The zero-order chi connectivity index (χ0) is 20.5. The predicted molar refractivity (Wildman–Crippen MR) is 115 cm³/mol. The van der Waals surface area contributed by atoms with Gasteiger partial charge in [0, 0.05) is 22.0 Å². The fourth-order valence-electron chi connectivity index (χ4n) is 4.16. The van der Waals surface area contributed by atoms with Crippen LogP contribution in [0.1, 0.15) is 37.3 Å². The van der Waals surface area contributed by atoms with Crippen molar-refractivity contribution in [3.63, 3.8) is 0 Å². The maximum atomic E-state index is 12.7. The van der Waals surface area contributed by atoms with E-state index < -0.39 is 0 Å². The van der Waals surface area contributed by atoms with E-state index in [0.717, 1.165) is 46.8 Å². The minimum Gasteiger partial charge on any atom is -0.481 e. The molecule has 0 atom stereocenters. The van der Waals surface area contributed by atoms with Crippen molar-refractivity contribution >= 4 is 38.6 Å². The number of halogens is 1. The molecule has 0 unspecified atom stereocenters. The van der Waals surface area contributed by atoms with Crippen LogP contribution in [0.15, 0.2) is 39.7 Å². The number of H-pyrrole nitrogens is 1. The van der Waals surface area contributed by atoms with Gasteiger partial charge in [0.2, 0.25) is 11.8 Å². The summed E-state index contributed by atoms with van der Waals surface area (Å²) in [5.74, 6) is 0.490. The molecule has 1 saturated carbocycles. The number of ether oxygens (including phenoxy) is 1. The Balaban J connectivity index is 1.44. The Bertz CT molecular complexity index is 1110. The number of benzene rings is 1. The summed E-state index contributed by atoms with van der Waals surface area (Å²) in [4.78, 5) is 32.4. The van der Waals surface area contributed by atoms with Gasteiger partial charge in [-0.3, -0.25) is 9.36 Å². The van der Waals surface area contributed by atoms with E-state index in [1.165, 1.54) is 0 Å². The summed E-state index contributed by atoms with van der Waals surface area (Å²) in [6.07, 6.45) is 4.67. The molecule has 29 heavy (non-hydrogen) atoms. The zero-order valence-electron chi connectivity index (χ0n) is 16.4. The van der Waals surface area contributed by atoms with Crippen molar-refractivity contribution in [1.29, 1.82) is 0 Å². The summed E-state index contributed by atoms with van der Waals surface area (Å²) in [7, 11) is 1.57. The zero-order valence-corrected chi connectivity index (χ0v) is 18.0. The predicted octanol–water partition coefficient (Wildman–Crippen LogP) is 4.17. The quantitative estimate of drug-likeness (QED) is 0.613. The van der Waals surface area contributed by atoms with E-state index >= 15 is 0 Å². The molecule has 1 fully saturated rings. The first-order chi connectivity index (χ1) is 14.0. The first kappa shape index (κ1) is 19.7. The molecule has 1 aliphatic carbocycles. The van der Waals surface area contributed by atoms with Crippen LogP contribution in [0.25, 0.3) is 11.0 Å². The number of aromatic nitrogens is 3. The fourth-order valence-corrected chi connectivity index (χ4v) is 4.62. The van der Waals surface area contributed by atoms with Crippen molar-refractivity contribution < 1.29 is 9.53 Å². The topological polar surface area (TPSA) is 89.0 Å². The van der Waals surface area contributed by atoms with E-state index in [0.29, 0.717) is 11.6 Å². The molecule has 152 valence electrons. The highest BCUT2D eigenvalue weighted by Gasteiger charge is 2.29. The summed E-state index contributed by atoms with van der Waals surface area (Å²) in [5, 5.41) is 2.96. The Labute approximate surface area is 176 Å². The Morgan fingerprint density at radius 1 is 1.31 bits per heavy atom. The molecule has 3 aromatic rings. The van der Waals surface area contributed by atoms with Gasteiger partial charge in [-0.05, 0) is 66.7 Å². The Hall–Kier alpha value is -2.61. The number of para-hydroxylation sites is 1. The second kappa shape index (κ2) is 8.02. The summed E-state index contributed by atoms with van der Waals surface area (Å²) < 4.78 is 7.87. The molecule has 0 spiro atoms.